The monoisotopic (exact) mass is 393 g/mol. The van der Waals surface area contributed by atoms with Crippen LogP contribution in [0.2, 0.25) is 0 Å². The van der Waals surface area contributed by atoms with Crippen molar-refractivity contribution in [2.75, 3.05) is 12.3 Å². The Labute approximate surface area is 156 Å². The summed E-state index contributed by atoms with van der Waals surface area (Å²) in [6.45, 7) is 0.186. The molecule has 25 heavy (non-hydrogen) atoms. The Balaban J connectivity index is 1.54. The van der Waals surface area contributed by atoms with E-state index in [1.54, 1.807) is 22.4 Å². The molecule has 0 radical (unpaired) electrons. The first kappa shape index (κ1) is 16.9. The van der Waals surface area contributed by atoms with Crippen molar-refractivity contribution < 1.29 is 14.7 Å². The molecular formula is C16H15N3O3S3. The zero-order valence-electron chi connectivity index (χ0n) is 13.0. The minimum absolute atomic E-state index is 0.0900. The van der Waals surface area contributed by atoms with E-state index in [0.29, 0.717) is 5.75 Å². The highest BCUT2D eigenvalue weighted by molar-refractivity contribution is 8.05. The van der Waals surface area contributed by atoms with Gasteiger partial charge < -0.3 is 15.7 Å². The smallest absolute Gasteiger partial charge is 0.322 e. The summed E-state index contributed by atoms with van der Waals surface area (Å²) in [7, 11) is 0. The zero-order chi connectivity index (χ0) is 17.6. The second-order valence-corrected chi connectivity index (χ2v) is 9.41. The van der Waals surface area contributed by atoms with Gasteiger partial charge in [0.2, 0.25) is 5.91 Å². The van der Waals surface area contributed by atoms with Crippen LogP contribution in [0, 0.1) is 0 Å². The summed E-state index contributed by atoms with van der Waals surface area (Å²) in [5.74, 6) is -0.646. The van der Waals surface area contributed by atoms with E-state index in [2.05, 4.69) is 4.98 Å². The van der Waals surface area contributed by atoms with E-state index in [1.165, 1.54) is 23.5 Å². The number of hydrogen-bond acceptors (Lipinski definition) is 7. The van der Waals surface area contributed by atoms with Crippen molar-refractivity contribution >= 4 is 46.7 Å². The van der Waals surface area contributed by atoms with E-state index in [9.17, 15) is 14.7 Å². The summed E-state index contributed by atoms with van der Waals surface area (Å²) >= 11 is 4.31. The lowest BCUT2D eigenvalue weighted by molar-refractivity contribution is -0.148. The van der Waals surface area contributed by atoms with Gasteiger partial charge in [-0.1, -0.05) is 12.1 Å². The van der Waals surface area contributed by atoms with Crippen LogP contribution in [0.25, 0.3) is 10.6 Å². The molecular weight excluding hydrogens is 378 g/mol. The zero-order valence-corrected chi connectivity index (χ0v) is 15.4. The summed E-state index contributed by atoms with van der Waals surface area (Å²) in [4.78, 5) is 30.6. The fourth-order valence-corrected chi connectivity index (χ4v) is 6.38. The maximum absolute atomic E-state index is 12.0. The number of amides is 1. The summed E-state index contributed by atoms with van der Waals surface area (Å²) < 4.78 is -1.06. The topological polar surface area (TPSA) is 96.5 Å². The van der Waals surface area contributed by atoms with Gasteiger partial charge in [-0.05, 0) is 12.1 Å². The Bertz CT molecular complexity index is 812. The van der Waals surface area contributed by atoms with E-state index >= 15 is 0 Å². The molecule has 1 unspecified atom stereocenters. The molecule has 1 aromatic carbocycles. The van der Waals surface area contributed by atoms with Crippen LogP contribution in [-0.2, 0) is 9.59 Å². The third kappa shape index (κ3) is 2.84. The molecule has 2 saturated heterocycles. The molecule has 3 heterocycles. The van der Waals surface area contributed by atoms with Crippen LogP contribution in [0.4, 0.5) is 0 Å². The molecule has 6 nitrogen and oxygen atoms in total. The number of thioether (sulfide) groups is 2. The number of carbonyl (C=O) groups excluding carboxylic acids is 1. The molecule has 1 aromatic heterocycles. The highest BCUT2D eigenvalue weighted by Crippen LogP contribution is 2.46. The maximum Gasteiger partial charge on any atom is 0.322 e. The van der Waals surface area contributed by atoms with Gasteiger partial charge in [0, 0.05) is 34.3 Å². The number of aliphatic carboxylic acids is 1. The number of carbonyl (C=O) groups is 2. The number of aromatic nitrogens is 1. The fraction of sp³-hybridized carbons (Fsp3) is 0.312. The van der Waals surface area contributed by atoms with E-state index in [0.717, 1.165) is 15.5 Å². The minimum atomic E-state index is -1.06. The average molecular weight is 394 g/mol. The molecule has 9 heteroatoms. The van der Waals surface area contributed by atoms with Crippen LogP contribution < -0.4 is 5.73 Å². The number of carboxylic acid groups (broad SMARTS) is 1. The Kier molecular flexibility index (Phi) is 4.27. The summed E-state index contributed by atoms with van der Waals surface area (Å²) in [6, 6.07) is 7.21. The molecule has 1 amide bonds. The lowest BCUT2D eigenvalue weighted by atomic mass is 10.0. The molecule has 2 aliphatic rings. The van der Waals surface area contributed by atoms with Gasteiger partial charge in [0.05, 0.1) is 0 Å². The fourth-order valence-electron chi connectivity index (χ4n) is 2.94. The second kappa shape index (κ2) is 6.31. The van der Waals surface area contributed by atoms with Gasteiger partial charge in [-0.25, -0.2) is 4.98 Å². The molecule has 2 aromatic rings. The largest absolute Gasteiger partial charge is 0.480 e. The summed E-state index contributed by atoms with van der Waals surface area (Å²) in [6.07, 6.45) is 1.76. The van der Waals surface area contributed by atoms with Crippen molar-refractivity contribution in [3.05, 3.63) is 35.8 Å². The maximum atomic E-state index is 12.0. The molecule has 3 atom stereocenters. The Morgan fingerprint density at radius 2 is 2.16 bits per heavy atom. The van der Waals surface area contributed by atoms with Crippen molar-refractivity contribution in [2.24, 2.45) is 5.73 Å². The van der Waals surface area contributed by atoms with Crippen LogP contribution in [0.5, 0.6) is 0 Å². The van der Waals surface area contributed by atoms with E-state index in [1.807, 2.05) is 29.6 Å². The van der Waals surface area contributed by atoms with E-state index < -0.39 is 16.8 Å². The summed E-state index contributed by atoms with van der Waals surface area (Å²) in [5, 5.41) is 12.6. The van der Waals surface area contributed by atoms with Gasteiger partial charge >= 0.3 is 5.97 Å². The van der Waals surface area contributed by atoms with Gasteiger partial charge in [0.15, 0.2) is 0 Å². The third-order valence-corrected chi connectivity index (χ3v) is 8.23. The number of β-lactam (4-membered cyclic amide) rings is 1. The van der Waals surface area contributed by atoms with Gasteiger partial charge in [0.1, 0.15) is 21.2 Å². The highest BCUT2D eigenvalue weighted by atomic mass is 32.2. The van der Waals surface area contributed by atoms with Crippen molar-refractivity contribution in [3.63, 3.8) is 0 Å². The highest BCUT2D eigenvalue weighted by Gasteiger charge is 2.56. The molecule has 0 bridgehead atoms. The molecule has 0 aliphatic carbocycles. The number of hydrogen-bond donors (Lipinski definition) is 2. The Hall–Kier alpha value is -1.55. The number of fused-ring (bicyclic) bond motifs is 1. The van der Waals surface area contributed by atoms with Gasteiger partial charge in [-0.15, -0.1) is 34.9 Å². The van der Waals surface area contributed by atoms with Crippen molar-refractivity contribution in [1.29, 1.82) is 0 Å². The first-order valence-corrected chi connectivity index (χ1v) is 10.3. The third-order valence-electron chi connectivity index (χ3n) is 4.33. The van der Waals surface area contributed by atoms with Crippen LogP contribution in [0.1, 0.15) is 0 Å². The van der Waals surface area contributed by atoms with Crippen LogP contribution >= 0.6 is 34.9 Å². The lowest BCUT2D eigenvalue weighted by Gasteiger charge is -2.52. The number of benzene rings is 1. The van der Waals surface area contributed by atoms with Crippen molar-refractivity contribution in [1.82, 2.24) is 9.88 Å². The predicted molar refractivity (Wildman–Crippen MR) is 99.7 cm³/mol. The number of nitrogens with zero attached hydrogens (tertiary/aromatic N) is 2. The molecule has 3 N–H and O–H groups in total. The van der Waals surface area contributed by atoms with Crippen molar-refractivity contribution in [3.8, 4) is 10.6 Å². The second-order valence-electron chi connectivity index (χ2n) is 5.96. The predicted octanol–water partition coefficient (Wildman–Crippen LogP) is 1.97. The van der Waals surface area contributed by atoms with E-state index in [-0.39, 0.29) is 17.8 Å². The van der Waals surface area contributed by atoms with Crippen molar-refractivity contribution in [2.45, 2.75) is 21.1 Å². The normalized spacial score (nSPS) is 28.4. The van der Waals surface area contributed by atoms with Gasteiger partial charge in [-0.2, -0.15) is 0 Å². The lowest BCUT2D eigenvalue weighted by Crippen LogP contribution is -2.73. The van der Waals surface area contributed by atoms with Gasteiger partial charge in [-0.3, -0.25) is 9.59 Å². The first-order valence-electron chi connectivity index (χ1n) is 7.60. The van der Waals surface area contributed by atoms with E-state index in [4.69, 9.17) is 5.73 Å². The quantitative estimate of drug-likeness (QED) is 0.767. The summed E-state index contributed by atoms with van der Waals surface area (Å²) in [5.41, 5.74) is 6.79. The van der Waals surface area contributed by atoms with Gasteiger partial charge in [0.25, 0.3) is 0 Å². The Morgan fingerprint density at radius 3 is 2.80 bits per heavy atom. The first-order chi connectivity index (χ1) is 12.0. The molecule has 130 valence electrons. The molecule has 4 rings (SSSR count). The number of nitrogens with two attached hydrogens (primary N) is 1. The number of thiazole rings is 1. The number of rotatable bonds is 4. The standard InChI is InChI=1S/C16H15N3O3S3/c17-11-13(20)19-7-16(15(21)22,8-24-14(11)19)25-10-3-1-9(2-4-10)12-18-5-6-23-12/h1-6,11,14H,7-8,17H2,(H,21,22)/t11-,14-,16?/m1/s1. The minimum Gasteiger partial charge on any atom is -0.480 e. The van der Waals surface area contributed by atoms with Crippen LogP contribution in [0.15, 0.2) is 40.7 Å². The average Bonchev–Trinajstić information content (AvgIpc) is 3.16. The molecule has 2 aliphatic heterocycles. The number of carboxylic acids is 1. The SMILES string of the molecule is N[C@@H]1C(=O)N2CC(Sc3ccc(-c4nccs4)cc3)(C(=O)O)CS[C@H]12. The molecule has 2 fully saturated rings. The molecule has 0 spiro atoms. The van der Waals surface area contributed by atoms with Crippen LogP contribution in [0.3, 0.4) is 0 Å². The van der Waals surface area contributed by atoms with Crippen LogP contribution in [-0.4, -0.2) is 55.3 Å². The molecule has 0 saturated carbocycles. The Morgan fingerprint density at radius 1 is 1.40 bits per heavy atom.